The fourth-order valence-electron chi connectivity index (χ4n) is 3.92. The van der Waals surface area contributed by atoms with E-state index < -0.39 is 0 Å². The molecule has 0 N–H and O–H groups in total. The van der Waals surface area contributed by atoms with Crippen molar-refractivity contribution < 1.29 is 9.47 Å². The molecule has 0 radical (unpaired) electrons. The summed E-state index contributed by atoms with van der Waals surface area (Å²) in [7, 11) is 0. The molecule has 0 fully saturated rings. The summed E-state index contributed by atoms with van der Waals surface area (Å²) < 4.78 is 11.9. The molecule has 0 unspecified atom stereocenters. The lowest BCUT2D eigenvalue weighted by molar-refractivity contribution is 0.481. The Labute approximate surface area is 215 Å². The molecule has 6 nitrogen and oxygen atoms in total. The molecule has 0 heterocycles. The second-order valence-electron chi connectivity index (χ2n) is 8.16. The molecule has 0 amide bonds. The lowest BCUT2D eigenvalue weighted by Crippen LogP contribution is -1.93. The maximum Gasteiger partial charge on any atom is 0.128 e. The number of benzene rings is 4. The first-order valence-corrected chi connectivity index (χ1v) is 11.6. The summed E-state index contributed by atoms with van der Waals surface area (Å²) in [6.45, 7) is 2.11. The predicted octanol–water partition coefficient (Wildman–Crippen LogP) is 7.38. The smallest absolute Gasteiger partial charge is 0.128 e. The normalized spacial score (nSPS) is 9.86. The number of nitriles is 4. The Hall–Kier alpha value is -5.56. The molecule has 176 valence electrons. The first-order valence-electron chi connectivity index (χ1n) is 11.6. The summed E-state index contributed by atoms with van der Waals surface area (Å²) in [6, 6.07) is 31.2. The molecule has 4 aromatic carbocycles. The van der Waals surface area contributed by atoms with Crippen LogP contribution in [0.1, 0.15) is 41.2 Å². The zero-order valence-corrected chi connectivity index (χ0v) is 20.0. The van der Waals surface area contributed by atoms with Crippen molar-refractivity contribution >= 4 is 0 Å². The Bertz CT molecular complexity index is 1630. The fourth-order valence-corrected chi connectivity index (χ4v) is 3.92. The van der Waals surface area contributed by atoms with Crippen molar-refractivity contribution in [3.8, 4) is 58.4 Å². The van der Waals surface area contributed by atoms with Gasteiger partial charge in [-0.25, -0.2) is 0 Å². The van der Waals surface area contributed by atoms with Crippen LogP contribution < -0.4 is 9.47 Å². The summed E-state index contributed by atoms with van der Waals surface area (Å²) >= 11 is 0. The lowest BCUT2D eigenvalue weighted by Gasteiger charge is -2.14. The van der Waals surface area contributed by atoms with Crippen LogP contribution in [0, 0.1) is 45.3 Å². The summed E-state index contributed by atoms with van der Waals surface area (Å²) in [6.07, 6.45) is 1.80. The predicted molar refractivity (Wildman–Crippen MR) is 138 cm³/mol. The highest BCUT2D eigenvalue weighted by molar-refractivity contribution is 5.69. The maximum absolute atomic E-state index is 9.27. The van der Waals surface area contributed by atoms with Gasteiger partial charge in [0.1, 0.15) is 47.3 Å². The van der Waals surface area contributed by atoms with Crippen molar-refractivity contribution in [3.05, 3.63) is 107 Å². The van der Waals surface area contributed by atoms with Gasteiger partial charge in [0, 0.05) is 0 Å². The van der Waals surface area contributed by atoms with Crippen LogP contribution in [0.2, 0.25) is 0 Å². The molecule has 4 aromatic rings. The number of nitrogens with zero attached hydrogens (tertiary/aromatic N) is 4. The molecule has 0 aromatic heterocycles. The molecule has 0 spiro atoms. The van der Waals surface area contributed by atoms with Gasteiger partial charge in [0.05, 0.1) is 22.3 Å². The number of hydrogen-bond acceptors (Lipinski definition) is 6. The molecular weight excluding hydrogens is 460 g/mol. The van der Waals surface area contributed by atoms with Gasteiger partial charge in [0.15, 0.2) is 0 Å². The molecule has 4 rings (SSSR count). The number of hydrogen-bond donors (Lipinski definition) is 0. The van der Waals surface area contributed by atoms with E-state index in [2.05, 4.69) is 6.92 Å². The van der Waals surface area contributed by atoms with E-state index in [9.17, 15) is 10.5 Å². The third kappa shape index (κ3) is 5.58. The summed E-state index contributed by atoms with van der Waals surface area (Å²) in [5.41, 5.74) is 4.38. The van der Waals surface area contributed by atoms with E-state index in [0.717, 1.165) is 29.5 Å². The zero-order valence-electron chi connectivity index (χ0n) is 20.0. The third-order valence-electron chi connectivity index (χ3n) is 5.70. The Balaban J connectivity index is 1.56. The van der Waals surface area contributed by atoms with Gasteiger partial charge < -0.3 is 9.47 Å². The van der Waals surface area contributed by atoms with Gasteiger partial charge >= 0.3 is 0 Å². The first kappa shape index (κ1) is 24.6. The number of rotatable bonds is 7. The van der Waals surface area contributed by atoms with Crippen LogP contribution in [0.3, 0.4) is 0 Å². The van der Waals surface area contributed by atoms with Crippen molar-refractivity contribution in [1.29, 1.82) is 21.0 Å². The molecule has 37 heavy (non-hydrogen) atoms. The Kier molecular flexibility index (Phi) is 7.46. The molecule has 0 saturated carbocycles. The van der Waals surface area contributed by atoms with Crippen LogP contribution >= 0.6 is 0 Å². The molecular formula is C31H20N4O2. The van der Waals surface area contributed by atoms with Gasteiger partial charge in [-0.15, -0.1) is 0 Å². The van der Waals surface area contributed by atoms with Crippen LogP contribution in [0.5, 0.6) is 23.0 Å². The summed E-state index contributed by atoms with van der Waals surface area (Å²) in [5, 5.41) is 36.7. The zero-order chi connectivity index (χ0) is 26.2. The van der Waals surface area contributed by atoms with Gasteiger partial charge in [-0.3, -0.25) is 0 Å². The highest BCUT2D eigenvalue weighted by atomic mass is 16.5. The van der Waals surface area contributed by atoms with E-state index in [-0.39, 0.29) is 11.1 Å². The van der Waals surface area contributed by atoms with Gasteiger partial charge in [-0.2, -0.15) is 21.0 Å². The van der Waals surface area contributed by atoms with Gasteiger partial charge in [-0.1, -0.05) is 31.5 Å². The van der Waals surface area contributed by atoms with E-state index in [1.807, 2.05) is 66.7 Å². The number of ether oxygens (including phenoxy) is 2. The lowest BCUT2D eigenvalue weighted by atomic mass is 9.96. The van der Waals surface area contributed by atoms with E-state index >= 15 is 0 Å². The van der Waals surface area contributed by atoms with Gasteiger partial charge in [0.25, 0.3) is 0 Å². The molecule has 0 aliphatic rings. The minimum Gasteiger partial charge on any atom is -0.457 e. The topological polar surface area (TPSA) is 114 Å². The van der Waals surface area contributed by atoms with Crippen LogP contribution in [0.15, 0.2) is 78.9 Å². The average molecular weight is 481 g/mol. The minimum atomic E-state index is 0.271. The second kappa shape index (κ2) is 11.2. The van der Waals surface area contributed by atoms with Crippen molar-refractivity contribution in [1.82, 2.24) is 0 Å². The first-order chi connectivity index (χ1) is 18.1. The monoisotopic (exact) mass is 480 g/mol. The second-order valence-corrected chi connectivity index (χ2v) is 8.16. The SMILES string of the molecule is CCCc1cc(Oc2ccc(C#N)c(C#N)c2)ccc1-c1ccc(Oc2ccc(C#N)c(C#N)c2)cc1. The van der Waals surface area contributed by atoms with Crippen molar-refractivity contribution in [3.63, 3.8) is 0 Å². The largest absolute Gasteiger partial charge is 0.457 e. The maximum atomic E-state index is 9.27. The molecule has 0 atom stereocenters. The van der Waals surface area contributed by atoms with Crippen LogP contribution in [0.4, 0.5) is 0 Å². The Morgan fingerprint density at radius 1 is 0.541 bits per heavy atom. The Morgan fingerprint density at radius 3 is 1.51 bits per heavy atom. The summed E-state index contributed by atoms with van der Waals surface area (Å²) in [5.74, 6) is 2.24. The Morgan fingerprint density at radius 2 is 1.00 bits per heavy atom. The third-order valence-corrected chi connectivity index (χ3v) is 5.70. The van der Waals surface area contributed by atoms with Crippen LogP contribution in [-0.2, 0) is 6.42 Å². The average Bonchev–Trinajstić information content (AvgIpc) is 2.93. The van der Waals surface area contributed by atoms with E-state index in [4.69, 9.17) is 20.0 Å². The van der Waals surface area contributed by atoms with Crippen molar-refractivity contribution in [2.45, 2.75) is 19.8 Å². The molecule has 6 heteroatoms. The van der Waals surface area contributed by atoms with E-state index in [0.29, 0.717) is 34.1 Å². The highest BCUT2D eigenvalue weighted by Crippen LogP contribution is 2.33. The fraction of sp³-hybridized carbons (Fsp3) is 0.0968. The minimum absolute atomic E-state index is 0.271. The van der Waals surface area contributed by atoms with E-state index in [1.165, 1.54) is 0 Å². The quantitative estimate of drug-likeness (QED) is 0.273. The molecule has 0 saturated heterocycles. The van der Waals surface area contributed by atoms with Crippen molar-refractivity contribution in [2.75, 3.05) is 0 Å². The standard InChI is InChI=1S/C31H20N4O2/c1-2-3-22-14-30(37-29-11-7-24(18-33)26(16-29)20-35)12-13-31(22)21-4-8-27(9-5-21)36-28-10-6-23(17-32)25(15-28)19-34/h4-16H,2-3H2,1H3. The molecule has 0 aliphatic carbocycles. The number of aryl methyl sites for hydroxylation is 1. The highest BCUT2D eigenvalue weighted by Gasteiger charge is 2.10. The summed E-state index contributed by atoms with van der Waals surface area (Å²) in [4.78, 5) is 0. The molecule has 0 bridgehead atoms. The van der Waals surface area contributed by atoms with Gasteiger partial charge in [0.2, 0.25) is 0 Å². The van der Waals surface area contributed by atoms with Crippen LogP contribution in [-0.4, -0.2) is 0 Å². The van der Waals surface area contributed by atoms with Crippen LogP contribution in [0.25, 0.3) is 11.1 Å². The van der Waals surface area contributed by atoms with Crippen molar-refractivity contribution in [2.24, 2.45) is 0 Å². The van der Waals surface area contributed by atoms with Gasteiger partial charge in [-0.05, 0) is 83.8 Å². The van der Waals surface area contributed by atoms with E-state index in [1.54, 1.807) is 36.4 Å². The molecule has 0 aliphatic heterocycles.